The number of amides is 1. The van der Waals surface area contributed by atoms with Crippen LogP contribution in [0.15, 0.2) is 48.2 Å². The quantitative estimate of drug-likeness (QED) is 0.272. The Kier molecular flexibility index (Phi) is 8.17. The van der Waals surface area contributed by atoms with Gasteiger partial charge in [0, 0.05) is 47.2 Å². The van der Waals surface area contributed by atoms with Crippen LogP contribution in [0.4, 0.5) is 4.39 Å². The molecule has 1 aromatic heterocycles. The van der Waals surface area contributed by atoms with E-state index in [1.165, 1.54) is 23.2 Å². The third-order valence-electron chi connectivity index (χ3n) is 7.88. The molecular weight excluding hydrogens is 614 g/mol. The van der Waals surface area contributed by atoms with Gasteiger partial charge in [0.05, 0.1) is 34.1 Å². The van der Waals surface area contributed by atoms with Crippen molar-refractivity contribution in [2.75, 3.05) is 19.8 Å². The van der Waals surface area contributed by atoms with Crippen molar-refractivity contribution < 1.29 is 17.6 Å². The Bertz CT molecular complexity index is 1840. The summed E-state index contributed by atoms with van der Waals surface area (Å²) in [4.78, 5) is 18.0. The predicted molar refractivity (Wildman–Crippen MR) is 165 cm³/mol. The Balaban J connectivity index is 1.46. The van der Waals surface area contributed by atoms with Gasteiger partial charge < -0.3 is 20.6 Å². The van der Waals surface area contributed by atoms with Crippen LogP contribution in [0.25, 0.3) is 16.8 Å². The number of carbonyl (C=O) groups excluding carboxylic acids is 1. The first-order chi connectivity index (χ1) is 20.3. The molecule has 224 valence electrons. The first-order valence-corrected chi connectivity index (χ1v) is 16.1. The average molecular weight is 644 g/mol. The van der Waals surface area contributed by atoms with Gasteiger partial charge in [-0.2, -0.15) is 5.26 Å². The fourth-order valence-electron chi connectivity index (χ4n) is 5.64. The molecule has 13 heteroatoms. The van der Waals surface area contributed by atoms with E-state index < -0.39 is 33.3 Å². The van der Waals surface area contributed by atoms with Gasteiger partial charge in [0.2, 0.25) is 10.0 Å². The highest BCUT2D eigenvalue weighted by Crippen LogP contribution is 2.47. The van der Waals surface area contributed by atoms with Crippen molar-refractivity contribution in [2.45, 2.75) is 37.8 Å². The number of H-pyrrole nitrogens is 1. The highest BCUT2D eigenvalue weighted by Gasteiger charge is 2.47. The van der Waals surface area contributed by atoms with E-state index in [-0.39, 0.29) is 34.1 Å². The lowest BCUT2D eigenvalue weighted by Crippen LogP contribution is -2.48. The van der Waals surface area contributed by atoms with E-state index in [0.717, 1.165) is 17.9 Å². The van der Waals surface area contributed by atoms with Crippen molar-refractivity contribution in [1.82, 2.24) is 19.9 Å². The predicted octanol–water partition coefficient (Wildman–Crippen LogP) is 5.42. The monoisotopic (exact) mass is 642 g/mol. The molecule has 1 saturated carbocycles. The Morgan fingerprint density at radius 3 is 2.53 bits per heavy atom. The fraction of sp³-hybridized carbons (Fsp3) is 0.300. The largest absolute Gasteiger partial charge is 0.387 e. The minimum absolute atomic E-state index is 0.0371. The number of piperidine rings is 1. The van der Waals surface area contributed by atoms with Crippen LogP contribution in [-0.4, -0.2) is 55.8 Å². The molecule has 0 radical (unpaired) electrons. The van der Waals surface area contributed by atoms with Crippen LogP contribution in [0, 0.1) is 22.6 Å². The van der Waals surface area contributed by atoms with Crippen LogP contribution in [0.1, 0.15) is 53.4 Å². The minimum Gasteiger partial charge on any atom is -0.387 e. The molecule has 0 spiro atoms. The molecule has 43 heavy (non-hydrogen) atoms. The molecule has 0 unspecified atom stereocenters. The minimum atomic E-state index is -3.46. The van der Waals surface area contributed by atoms with E-state index in [2.05, 4.69) is 15.0 Å². The zero-order chi connectivity index (χ0) is 31.3. The molecule has 0 bridgehead atoms. The highest BCUT2D eigenvalue weighted by molar-refractivity contribution is 7.88. The number of benzene rings is 2. The number of halogens is 3. The summed E-state index contributed by atoms with van der Waals surface area (Å²) in [5, 5.41) is 21.8. The maximum atomic E-state index is 14.7. The van der Waals surface area contributed by atoms with Gasteiger partial charge in [0.25, 0.3) is 5.91 Å². The van der Waals surface area contributed by atoms with Crippen LogP contribution in [0.5, 0.6) is 0 Å². The molecule has 3 aromatic rings. The zero-order valence-electron chi connectivity index (χ0n) is 23.6. The first kappa shape index (κ1) is 30.8. The molecular formula is C30H29Cl2FN6O3S. The first-order valence-electron chi connectivity index (χ1n) is 13.5. The van der Waals surface area contributed by atoms with Crippen LogP contribution >= 0.6 is 23.2 Å². The van der Waals surface area contributed by atoms with E-state index in [4.69, 9.17) is 33.9 Å². The van der Waals surface area contributed by atoms with Gasteiger partial charge in [-0.3, -0.25) is 4.79 Å². The fourth-order valence-corrected chi connectivity index (χ4v) is 7.20. The van der Waals surface area contributed by atoms with Crippen LogP contribution < -0.4 is 10.0 Å². The van der Waals surface area contributed by atoms with Gasteiger partial charge >= 0.3 is 0 Å². The van der Waals surface area contributed by atoms with Gasteiger partial charge in [-0.1, -0.05) is 23.2 Å². The summed E-state index contributed by atoms with van der Waals surface area (Å²) in [6.45, 7) is 1.96. The topological polar surface area (TPSA) is 142 Å². The van der Waals surface area contributed by atoms with Crippen LogP contribution in [-0.2, 0) is 15.6 Å². The number of hydrogen-bond acceptors (Lipinski definition) is 6. The van der Waals surface area contributed by atoms with Gasteiger partial charge in [-0.25, -0.2) is 17.5 Å². The third-order valence-corrected chi connectivity index (χ3v) is 9.26. The summed E-state index contributed by atoms with van der Waals surface area (Å²) in [6, 6.07) is 10.5. The number of hydrogen-bond donors (Lipinski definition) is 4. The summed E-state index contributed by atoms with van der Waals surface area (Å²) in [6.07, 6.45) is 4.25. The van der Waals surface area contributed by atoms with E-state index in [1.54, 1.807) is 26.1 Å². The molecule has 9 nitrogen and oxygen atoms in total. The molecule has 5 rings (SSSR count). The summed E-state index contributed by atoms with van der Waals surface area (Å²) >= 11 is 13.1. The molecule has 1 saturated heterocycles. The Labute approximate surface area is 259 Å². The Morgan fingerprint density at radius 2 is 1.93 bits per heavy atom. The van der Waals surface area contributed by atoms with Crippen molar-refractivity contribution in [3.05, 3.63) is 86.4 Å². The lowest BCUT2D eigenvalue weighted by Gasteiger charge is -2.37. The molecule has 2 fully saturated rings. The second kappa shape index (κ2) is 11.4. The zero-order valence-corrected chi connectivity index (χ0v) is 25.9. The van der Waals surface area contributed by atoms with Gasteiger partial charge in [-0.05, 0) is 73.7 Å². The van der Waals surface area contributed by atoms with Crippen molar-refractivity contribution in [2.24, 2.45) is 0 Å². The second-order valence-corrected chi connectivity index (χ2v) is 13.4. The van der Waals surface area contributed by atoms with E-state index in [1.807, 2.05) is 12.1 Å². The smallest absolute Gasteiger partial charge is 0.256 e. The third kappa shape index (κ3) is 6.06. The number of aromatic amines is 1. The molecule has 1 aliphatic heterocycles. The van der Waals surface area contributed by atoms with Crippen LogP contribution in [0.3, 0.4) is 0 Å². The summed E-state index contributed by atoms with van der Waals surface area (Å²) in [7, 11) is -1.73. The van der Waals surface area contributed by atoms with Crippen LogP contribution in [0.2, 0.25) is 10.0 Å². The maximum Gasteiger partial charge on any atom is 0.256 e. The highest BCUT2D eigenvalue weighted by atomic mass is 35.5. The molecule has 4 N–H and O–H groups in total. The van der Waals surface area contributed by atoms with Gasteiger partial charge in [0.15, 0.2) is 0 Å². The summed E-state index contributed by atoms with van der Waals surface area (Å²) in [5.41, 5.74) is 3.21. The van der Waals surface area contributed by atoms with Crippen molar-refractivity contribution >= 4 is 50.5 Å². The SMILES string of the molecule is CN/C(=C1/CCN(C(=O)c2cc(F)cc(-c3c[nH]c(C#N)c3)c2Cl)[C@H](C)C1=N)c1cc(Cl)cc(C2(NS(C)(=O)=O)CC2)c1. The van der Waals surface area contributed by atoms with Crippen molar-refractivity contribution in [1.29, 1.82) is 10.7 Å². The lowest BCUT2D eigenvalue weighted by molar-refractivity contribution is 0.0728. The van der Waals surface area contributed by atoms with Gasteiger partial charge in [-0.15, -0.1) is 0 Å². The number of aromatic nitrogens is 1. The van der Waals surface area contributed by atoms with Crippen molar-refractivity contribution in [3.8, 4) is 17.2 Å². The van der Waals surface area contributed by atoms with Crippen molar-refractivity contribution in [3.63, 3.8) is 0 Å². The standard InChI is InChI=1S/C30H29Cl2FN6O3S/c1-16-27(35)23(28(36-2)17-8-19(11-20(31)9-17)30(5-6-30)38-43(3,41)42)4-7-39(16)29(40)25-13-21(33)12-24(26(25)32)18-10-22(14-34)37-15-18/h8-13,15-16,35-38H,4-7H2,1-3H3/b28-23-,35-27?/t16-/m1/s1. The normalized spacial score (nSPS) is 19.1. The number of carbonyl (C=O) groups is 1. The molecule has 1 amide bonds. The number of nitrogens with zero attached hydrogens (tertiary/aromatic N) is 2. The number of rotatable bonds is 7. The molecule has 2 aliphatic rings. The molecule has 2 aromatic carbocycles. The van der Waals surface area contributed by atoms with Gasteiger partial charge in [0.1, 0.15) is 17.6 Å². The maximum absolute atomic E-state index is 14.7. The number of likely N-dealkylation sites (tertiary alicyclic amines) is 1. The molecule has 1 atom stereocenters. The number of sulfonamides is 1. The van der Waals surface area contributed by atoms with E-state index >= 15 is 0 Å². The summed E-state index contributed by atoms with van der Waals surface area (Å²) in [5.74, 6) is -1.17. The van der Waals surface area contributed by atoms with E-state index in [0.29, 0.717) is 46.7 Å². The number of nitrogens with one attached hydrogen (secondary N) is 4. The lowest BCUT2D eigenvalue weighted by atomic mass is 9.89. The Hall–Kier alpha value is -3.69. The Morgan fingerprint density at radius 1 is 1.21 bits per heavy atom. The summed E-state index contributed by atoms with van der Waals surface area (Å²) < 4.78 is 41.5. The van der Waals surface area contributed by atoms with E-state index in [9.17, 15) is 17.6 Å². The number of nitriles is 1. The second-order valence-electron chi connectivity index (χ2n) is 10.9. The average Bonchev–Trinajstić information content (AvgIpc) is 3.55. The molecule has 2 heterocycles. The molecule has 1 aliphatic carbocycles.